The molecule has 0 saturated carbocycles. The summed E-state index contributed by atoms with van der Waals surface area (Å²) in [6.07, 6.45) is -0.690. The maximum atomic E-state index is 13.1. The number of anilines is 1. The van der Waals surface area contributed by atoms with Gasteiger partial charge in [-0.25, -0.2) is 0 Å². The molecule has 3 aromatic rings. The fourth-order valence-corrected chi connectivity index (χ4v) is 3.79. The number of nitrogens with zero attached hydrogens (tertiary/aromatic N) is 2. The van der Waals surface area contributed by atoms with E-state index in [1.807, 2.05) is 30.3 Å². The third-order valence-electron chi connectivity index (χ3n) is 5.39. The predicted molar refractivity (Wildman–Crippen MR) is 110 cm³/mol. The lowest BCUT2D eigenvalue weighted by atomic mass is 10.1. The minimum absolute atomic E-state index is 0.141. The van der Waals surface area contributed by atoms with E-state index < -0.39 is 6.10 Å². The number of nitrogens with one attached hydrogen (secondary N) is 2. The molecule has 1 atom stereocenters. The number of hydrogen-bond donors (Lipinski definition) is 2. The minimum atomic E-state index is -0.690. The number of methoxy groups -OCH3 is 1. The van der Waals surface area contributed by atoms with Crippen LogP contribution in [0.1, 0.15) is 33.3 Å². The Morgan fingerprint density at radius 3 is 2.74 bits per heavy atom. The van der Waals surface area contributed by atoms with Gasteiger partial charge in [0.1, 0.15) is 0 Å². The lowest BCUT2D eigenvalue weighted by molar-refractivity contribution is -0.143. The van der Waals surface area contributed by atoms with Crippen LogP contribution in [0.5, 0.6) is 11.5 Å². The Morgan fingerprint density at radius 2 is 1.94 bits per heavy atom. The van der Waals surface area contributed by atoms with Gasteiger partial charge in [0.15, 0.2) is 23.4 Å². The lowest BCUT2D eigenvalue weighted by Crippen LogP contribution is -2.32. The molecule has 9 heteroatoms. The third-order valence-corrected chi connectivity index (χ3v) is 5.39. The molecule has 158 valence electrons. The number of aromatic nitrogens is 2. The van der Waals surface area contributed by atoms with Crippen LogP contribution < -0.4 is 14.8 Å². The summed E-state index contributed by atoms with van der Waals surface area (Å²) < 4.78 is 16.1. The zero-order valence-corrected chi connectivity index (χ0v) is 16.8. The molecule has 0 unspecified atom stereocenters. The Morgan fingerprint density at radius 1 is 1.13 bits per heavy atom. The number of ether oxygens (including phenoxy) is 3. The fourth-order valence-electron chi connectivity index (χ4n) is 3.79. The van der Waals surface area contributed by atoms with Crippen molar-refractivity contribution in [3.63, 3.8) is 0 Å². The maximum Gasteiger partial charge on any atom is 0.257 e. The summed E-state index contributed by atoms with van der Waals surface area (Å²) in [6.45, 7) is 0.838. The van der Waals surface area contributed by atoms with E-state index >= 15 is 0 Å². The topological polar surface area (TPSA) is 106 Å². The van der Waals surface area contributed by atoms with E-state index in [4.69, 9.17) is 14.2 Å². The summed E-state index contributed by atoms with van der Waals surface area (Å²) in [5.74, 6) is 1.07. The Balaban J connectivity index is 1.30. The monoisotopic (exact) mass is 420 g/mol. The SMILES string of the molecule is CO[C@H](C(=O)N1Cc2[nH]nc(NC(=O)c3ccc4c(c3)OCO4)c2C1)c1ccccc1. The Hall–Kier alpha value is -3.85. The smallest absolute Gasteiger partial charge is 0.257 e. The molecule has 0 spiro atoms. The molecule has 2 aromatic carbocycles. The molecule has 2 aliphatic rings. The second-order valence-corrected chi connectivity index (χ2v) is 7.27. The highest BCUT2D eigenvalue weighted by Crippen LogP contribution is 2.34. The highest BCUT2D eigenvalue weighted by atomic mass is 16.7. The lowest BCUT2D eigenvalue weighted by Gasteiger charge is -2.22. The molecule has 9 nitrogen and oxygen atoms in total. The van der Waals surface area contributed by atoms with Gasteiger partial charge in [0, 0.05) is 18.2 Å². The zero-order chi connectivity index (χ0) is 21.4. The normalized spacial score (nSPS) is 14.9. The molecule has 2 N–H and O–H groups in total. The molecule has 31 heavy (non-hydrogen) atoms. The third kappa shape index (κ3) is 3.49. The van der Waals surface area contributed by atoms with Crippen LogP contribution in [-0.4, -0.2) is 40.8 Å². The summed E-state index contributed by atoms with van der Waals surface area (Å²) in [5.41, 5.74) is 2.79. The molecule has 0 bridgehead atoms. The first kappa shape index (κ1) is 19.1. The average molecular weight is 420 g/mol. The molecule has 0 radical (unpaired) electrons. The second kappa shape index (κ2) is 7.77. The molecule has 0 fully saturated rings. The number of carbonyl (C=O) groups is 2. The van der Waals surface area contributed by atoms with Crippen LogP contribution in [0.25, 0.3) is 0 Å². The van der Waals surface area contributed by atoms with Crippen molar-refractivity contribution in [2.75, 3.05) is 19.2 Å². The van der Waals surface area contributed by atoms with Crippen molar-refractivity contribution in [1.82, 2.24) is 15.1 Å². The first-order valence-corrected chi connectivity index (χ1v) is 9.77. The van der Waals surface area contributed by atoms with Gasteiger partial charge in [-0.05, 0) is 23.8 Å². The molecule has 5 rings (SSSR count). The van der Waals surface area contributed by atoms with Crippen LogP contribution in [0.3, 0.4) is 0 Å². The Labute approximate surface area is 177 Å². The van der Waals surface area contributed by atoms with E-state index in [9.17, 15) is 9.59 Å². The second-order valence-electron chi connectivity index (χ2n) is 7.27. The zero-order valence-electron chi connectivity index (χ0n) is 16.8. The van der Waals surface area contributed by atoms with Gasteiger partial charge < -0.3 is 24.4 Å². The van der Waals surface area contributed by atoms with Crippen LogP contribution in [0.15, 0.2) is 48.5 Å². The first-order chi connectivity index (χ1) is 15.1. The Bertz CT molecular complexity index is 1140. The van der Waals surface area contributed by atoms with Crippen LogP contribution in [0.2, 0.25) is 0 Å². The predicted octanol–water partition coefficient (Wildman–Crippen LogP) is 2.62. The molecule has 2 amide bonds. The van der Waals surface area contributed by atoms with Gasteiger partial charge in [-0.15, -0.1) is 0 Å². The van der Waals surface area contributed by atoms with Gasteiger partial charge in [0.2, 0.25) is 6.79 Å². The molecule has 2 aliphatic heterocycles. The van der Waals surface area contributed by atoms with E-state index in [0.717, 1.165) is 16.8 Å². The van der Waals surface area contributed by atoms with Crippen molar-refractivity contribution in [3.8, 4) is 11.5 Å². The van der Waals surface area contributed by atoms with Crippen LogP contribution in [0, 0.1) is 0 Å². The van der Waals surface area contributed by atoms with Gasteiger partial charge in [0.25, 0.3) is 11.8 Å². The van der Waals surface area contributed by atoms with Gasteiger partial charge >= 0.3 is 0 Å². The number of aromatic amines is 1. The highest BCUT2D eigenvalue weighted by Gasteiger charge is 2.33. The van der Waals surface area contributed by atoms with E-state index in [-0.39, 0.29) is 18.6 Å². The van der Waals surface area contributed by atoms with Crippen LogP contribution in [-0.2, 0) is 22.6 Å². The minimum Gasteiger partial charge on any atom is -0.454 e. The summed E-state index contributed by atoms with van der Waals surface area (Å²) >= 11 is 0. The van der Waals surface area contributed by atoms with E-state index in [1.165, 1.54) is 7.11 Å². The number of fused-ring (bicyclic) bond motifs is 2. The first-order valence-electron chi connectivity index (χ1n) is 9.77. The number of rotatable bonds is 5. The summed E-state index contributed by atoms with van der Waals surface area (Å²) in [6, 6.07) is 14.3. The van der Waals surface area contributed by atoms with Crippen molar-refractivity contribution < 1.29 is 23.8 Å². The van der Waals surface area contributed by atoms with Crippen molar-refractivity contribution in [1.29, 1.82) is 0 Å². The maximum absolute atomic E-state index is 13.1. The Kier molecular flexibility index (Phi) is 4.79. The highest BCUT2D eigenvalue weighted by molar-refractivity contribution is 6.04. The van der Waals surface area contributed by atoms with Gasteiger partial charge in [-0.3, -0.25) is 14.7 Å². The van der Waals surface area contributed by atoms with E-state index in [0.29, 0.717) is 36.0 Å². The van der Waals surface area contributed by atoms with E-state index in [2.05, 4.69) is 15.5 Å². The number of H-pyrrole nitrogens is 1. The van der Waals surface area contributed by atoms with Crippen LogP contribution in [0.4, 0.5) is 5.82 Å². The van der Waals surface area contributed by atoms with Gasteiger partial charge in [0.05, 0.1) is 18.8 Å². The molecule has 3 heterocycles. The quantitative estimate of drug-likeness (QED) is 0.657. The molecule has 1 aromatic heterocycles. The average Bonchev–Trinajstić information content (AvgIpc) is 3.51. The van der Waals surface area contributed by atoms with E-state index in [1.54, 1.807) is 23.1 Å². The van der Waals surface area contributed by atoms with Crippen molar-refractivity contribution in [2.24, 2.45) is 0 Å². The van der Waals surface area contributed by atoms with Crippen molar-refractivity contribution in [3.05, 3.63) is 70.9 Å². The largest absolute Gasteiger partial charge is 0.454 e. The molecule has 0 aliphatic carbocycles. The number of carbonyl (C=O) groups excluding carboxylic acids is 2. The van der Waals surface area contributed by atoms with Crippen molar-refractivity contribution in [2.45, 2.75) is 19.2 Å². The summed E-state index contributed by atoms with van der Waals surface area (Å²) in [7, 11) is 1.52. The molecular weight excluding hydrogens is 400 g/mol. The molecule has 0 saturated heterocycles. The van der Waals surface area contributed by atoms with Gasteiger partial charge in [-0.1, -0.05) is 30.3 Å². The van der Waals surface area contributed by atoms with Gasteiger partial charge in [-0.2, -0.15) is 5.10 Å². The van der Waals surface area contributed by atoms with Crippen LogP contribution >= 0.6 is 0 Å². The fraction of sp³-hybridized carbons (Fsp3) is 0.227. The molecular formula is C22H20N4O5. The standard InChI is InChI=1S/C22H20N4O5/c1-29-19(13-5-3-2-4-6-13)22(28)26-10-15-16(11-26)24-25-20(15)23-21(27)14-7-8-17-18(9-14)31-12-30-17/h2-9,19H,10-12H2,1H3,(H2,23,24,25,27)/t19-/m0/s1. The summed E-state index contributed by atoms with van der Waals surface area (Å²) in [4.78, 5) is 27.4. The number of benzene rings is 2. The number of hydrogen-bond acceptors (Lipinski definition) is 6. The summed E-state index contributed by atoms with van der Waals surface area (Å²) in [5, 5.41) is 9.95. The number of amides is 2. The van der Waals surface area contributed by atoms with Crippen molar-refractivity contribution >= 4 is 17.6 Å².